The second-order valence-corrected chi connectivity index (χ2v) is 7.34. The molecular weight excluding hydrogens is 312 g/mol. The molecule has 0 unspecified atom stereocenters. The van der Waals surface area contributed by atoms with Gasteiger partial charge in [0.05, 0.1) is 10.6 Å². The Labute approximate surface area is 134 Å². The van der Waals surface area contributed by atoms with Crippen molar-refractivity contribution in [1.29, 1.82) is 0 Å². The fourth-order valence-corrected chi connectivity index (χ4v) is 3.37. The van der Waals surface area contributed by atoms with Crippen molar-refractivity contribution in [1.82, 2.24) is 20.2 Å². The van der Waals surface area contributed by atoms with Gasteiger partial charge in [-0.15, -0.1) is 0 Å². The van der Waals surface area contributed by atoms with Crippen LogP contribution in [-0.4, -0.2) is 34.3 Å². The molecule has 1 N–H and O–H groups in total. The largest absolute Gasteiger partial charge is 0.264 e. The van der Waals surface area contributed by atoms with E-state index in [9.17, 15) is 8.42 Å². The van der Waals surface area contributed by atoms with Crippen LogP contribution in [0.5, 0.6) is 0 Å². The van der Waals surface area contributed by atoms with Crippen LogP contribution < -0.4 is 0 Å². The van der Waals surface area contributed by atoms with Crippen LogP contribution in [0.15, 0.2) is 53.7 Å². The molecule has 3 rings (SSSR count). The lowest BCUT2D eigenvalue weighted by Gasteiger charge is -2.03. The molecule has 0 aliphatic rings. The predicted molar refractivity (Wildman–Crippen MR) is 86.5 cm³/mol. The van der Waals surface area contributed by atoms with E-state index in [1.54, 1.807) is 42.7 Å². The minimum absolute atomic E-state index is 0.0161. The van der Waals surface area contributed by atoms with Crippen molar-refractivity contribution in [3.8, 4) is 11.4 Å². The first kappa shape index (κ1) is 15.4. The number of pyridine rings is 1. The zero-order chi connectivity index (χ0) is 16.3. The van der Waals surface area contributed by atoms with Gasteiger partial charge in [0, 0.05) is 24.4 Å². The van der Waals surface area contributed by atoms with E-state index in [1.165, 1.54) is 0 Å². The highest BCUT2D eigenvalue weighted by Gasteiger charge is 2.16. The van der Waals surface area contributed by atoms with E-state index >= 15 is 0 Å². The van der Waals surface area contributed by atoms with E-state index in [1.807, 2.05) is 13.0 Å². The van der Waals surface area contributed by atoms with Crippen molar-refractivity contribution < 1.29 is 8.42 Å². The monoisotopic (exact) mass is 328 g/mol. The van der Waals surface area contributed by atoms with Gasteiger partial charge in [0.1, 0.15) is 5.82 Å². The van der Waals surface area contributed by atoms with E-state index in [2.05, 4.69) is 20.2 Å². The quantitative estimate of drug-likeness (QED) is 0.775. The van der Waals surface area contributed by atoms with Crippen molar-refractivity contribution in [2.45, 2.75) is 18.2 Å². The lowest BCUT2D eigenvalue weighted by Crippen LogP contribution is -2.10. The van der Waals surface area contributed by atoms with Crippen molar-refractivity contribution in [3.63, 3.8) is 0 Å². The van der Waals surface area contributed by atoms with Gasteiger partial charge in [-0.2, -0.15) is 5.10 Å². The zero-order valence-electron chi connectivity index (χ0n) is 12.6. The zero-order valence-corrected chi connectivity index (χ0v) is 13.4. The summed E-state index contributed by atoms with van der Waals surface area (Å²) in [5, 5.41) is 6.88. The van der Waals surface area contributed by atoms with Crippen LogP contribution in [0.1, 0.15) is 11.4 Å². The number of aromatic nitrogens is 4. The van der Waals surface area contributed by atoms with Crippen LogP contribution in [0.2, 0.25) is 0 Å². The van der Waals surface area contributed by atoms with Crippen molar-refractivity contribution in [3.05, 3.63) is 60.2 Å². The number of aryl methyl sites for hydroxylation is 2. The summed E-state index contributed by atoms with van der Waals surface area (Å²) in [5.41, 5.74) is 1.82. The normalized spacial score (nSPS) is 11.5. The highest BCUT2D eigenvalue weighted by atomic mass is 32.2. The molecule has 2 heterocycles. The average Bonchev–Trinajstić information content (AvgIpc) is 3.03. The third-order valence-electron chi connectivity index (χ3n) is 3.44. The Morgan fingerprint density at radius 2 is 1.91 bits per heavy atom. The van der Waals surface area contributed by atoms with Crippen molar-refractivity contribution >= 4 is 9.84 Å². The first-order valence-corrected chi connectivity index (χ1v) is 8.81. The summed E-state index contributed by atoms with van der Waals surface area (Å²) >= 11 is 0. The highest BCUT2D eigenvalue weighted by Crippen LogP contribution is 2.15. The summed E-state index contributed by atoms with van der Waals surface area (Å²) in [6.45, 7) is 1.92. The molecule has 118 valence electrons. The van der Waals surface area contributed by atoms with Crippen LogP contribution in [0.4, 0.5) is 0 Å². The van der Waals surface area contributed by atoms with Crippen molar-refractivity contribution in [2.24, 2.45) is 0 Å². The van der Waals surface area contributed by atoms with Crippen LogP contribution in [0, 0.1) is 6.92 Å². The van der Waals surface area contributed by atoms with E-state index in [4.69, 9.17) is 0 Å². The number of nitrogens with one attached hydrogen (secondary N) is 1. The lowest BCUT2D eigenvalue weighted by molar-refractivity contribution is 0.594. The number of hydrogen-bond donors (Lipinski definition) is 1. The van der Waals surface area contributed by atoms with E-state index in [0.29, 0.717) is 16.5 Å². The maximum absolute atomic E-state index is 12.3. The minimum atomic E-state index is -3.33. The van der Waals surface area contributed by atoms with E-state index < -0.39 is 9.84 Å². The van der Waals surface area contributed by atoms with E-state index in [-0.39, 0.29) is 12.2 Å². The topological polar surface area (TPSA) is 88.6 Å². The summed E-state index contributed by atoms with van der Waals surface area (Å²) < 4.78 is 24.6. The molecule has 0 atom stereocenters. The number of nitrogens with zero attached hydrogens (tertiary/aromatic N) is 3. The number of rotatable bonds is 5. The van der Waals surface area contributed by atoms with Crippen LogP contribution in [-0.2, 0) is 16.3 Å². The molecule has 1 aromatic carbocycles. The summed E-state index contributed by atoms with van der Waals surface area (Å²) in [6, 6.07) is 10.5. The molecular formula is C16H16N4O2S. The van der Waals surface area contributed by atoms with Crippen molar-refractivity contribution in [2.75, 3.05) is 5.75 Å². The van der Waals surface area contributed by atoms with E-state index in [0.717, 1.165) is 11.1 Å². The Bertz CT molecular complexity index is 887. The Morgan fingerprint density at radius 1 is 1.13 bits per heavy atom. The molecule has 23 heavy (non-hydrogen) atoms. The second kappa shape index (κ2) is 6.29. The highest BCUT2D eigenvalue weighted by molar-refractivity contribution is 7.91. The molecule has 0 saturated carbocycles. The number of H-pyrrole nitrogens is 1. The smallest absolute Gasteiger partial charge is 0.182 e. The molecule has 0 amide bonds. The van der Waals surface area contributed by atoms with Gasteiger partial charge >= 0.3 is 0 Å². The van der Waals surface area contributed by atoms with Crippen LogP contribution >= 0.6 is 0 Å². The summed E-state index contributed by atoms with van der Waals surface area (Å²) in [7, 11) is -3.33. The van der Waals surface area contributed by atoms with Gasteiger partial charge in [0.2, 0.25) is 0 Å². The molecule has 0 spiro atoms. The Balaban J connectivity index is 1.71. The maximum Gasteiger partial charge on any atom is 0.182 e. The third kappa shape index (κ3) is 3.62. The lowest BCUT2D eigenvalue weighted by atomic mass is 10.2. The van der Waals surface area contributed by atoms with Crippen LogP contribution in [0.25, 0.3) is 11.4 Å². The number of aromatic amines is 1. The number of sulfone groups is 1. The summed E-state index contributed by atoms with van der Waals surface area (Å²) in [4.78, 5) is 8.66. The first-order valence-electron chi connectivity index (χ1n) is 7.16. The third-order valence-corrected chi connectivity index (χ3v) is 5.17. The average molecular weight is 328 g/mol. The fraction of sp³-hybridized carbons (Fsp3) is 0.188. The maximum atomic E-state index is 12.3. The van der Waals surface area contributed by atoms with Gasteiger partial charge in [0.25, 0.3) is 0 Å². The summed E-state index contributed by atoms with van der Waals surface area (Å²) in [6.07, 6.45) is 3.62. The second-order valence-electron chi connectivity index (χ2n) is 5.23. The summed E-state index contributed by atoms with van der Waals surface area (Å²) in [5.74, 6) is 1.04. The number of hydrogen-bond acceptors (Lipinski definition) is 5. The van der Waals surface area contributed by atoms with Gasteiger partial charge in [-0.05, 0) is 31.2 Å². The Kier molecular flexibility index (Phi) is 4.20. The molecule has 0 aliphatic carbocycles. The molecule has 0 bridgehead atoms. The molecule has 6 nitrogen and oxygen atoms in total. The molecule has 0 saturated heterocycles. The number of benzene rings is 1. The molecule has 0 aliphatic heterocycles. The van der Waals surface area contributed by atoms with Gasteiger partial charge in [-0.25, -0.2) is 13.4 Å². The molecule has 2 aromatic heterocycles. The standard InChI is InChI=1S/C16H16N4O2S/c1-12-4-6-14(7-5-12)23(21,22)10-8-15-18-16(20-19-15)13-3-2-9-17-11-13/h2-7,9,11H,8,10H2,1H3,(H,18,19,20). The molecule has 3 aromatic rings. The van der Waals surface area contributed by atoms with Crippen LogP contribution in [0.3, 0.4) is 0 Å². The molecule has 0 radical (unpaired) electrons. The van der Waals surface area contributed by atoms with Gasteiger partial charge in [0.15, 0.2) is 15.7 Å². The Morgan fingerprint density at radius 3 is 2.61 bits per heavy atom. The van der Waals surface area contributed by atoms with Gasteiger partial charge in [-0.3, -0.25) is 10.1 Å². The van der Waals surface area contributed by atoms with Gasteiger partial charge in [-0.1, -0.05) is 17.7 Å². The SMILES string of the molecule is Cc1ccc(S(=O)(=O)CCc2nc(-c3cccnc3)n[nH]2)cc1. The molecule has 0 fully saturated rings. The fourth-order valence-electron chi connectivity index (χ4n) is 2.13. The predicted octanol–water partition coefficient (Wildman–Crippen LogP) is 2.19. The first-order chi connectivity index (χ1) is 11.0. The Hall–Kier alpha value is -2.54. The molecule has 7 heteroatoms. The van der Waals surface area contributed by atoms with Gasteiger partial charge < -0.3 is 0 Å². The minimum Gasteiger partial charge on any atom is -0.264 e.